The van der Waals surface area contributed by atoms with Gasteiger partial charge in [-0.15, -0.1) is 5.10 Å². The van der Waals surface area contributed by atoms with E-state index >= 15 is 0 Å². The minimum atomic E-state index is -0.721. The largest absolute Gasteiger partial charge is 0.332 e. The van der Waals surface area contributed by atoms with E-state index in [2.05, 4.69) is 15.4 Å². The molecule has 3 N–H and O–H groups in total. The lowest BCUT2D eigenvalue weighted by molar-refractivity contribution is -0.142. The molecule has 148 valence electrons. The van der Waals surface area contributed by atoms with Crippen LogP contribution in [0.5, 0.6) is 0 Å². The van der Waals surface area contributed by atoms with Crippen LogP contribution < -0.4 is 11.1 Å². The number of anilines is 1. The Balaban J connectivity index is 1.44. The van der Waals surface area contributed by atoms with Crippen molar-refractivity contribution < 1.29 is 9.59 Å². The molecule has 3 heterocycles. The second kappa shape index (κ2) is 7.48. The fraction of sp³-hybridized carbons (Fsp3) is 0.238. The van der Waals surface area contributed by atoms with Crippen LogP contribution in [0.2, 0.25) is 0 Å². The molecule has 3 aromatic rings. The maximum atomic E-state index is 12.7. The van der Waals surface area contributed by atoms with Crippen molar-refractivity contribution in [1.29, 1.82) is 0 Å². The Bertz CT molecular complexity index is 1030. The highest BCUT2D eigenvalue weighted by Gasteiger charge is 2.39. The first-order chi connectivity index (χ1) is 14.0. The third kappa shape index (κ3) is 3.74. The minimum absolute atomic E-state index is 0.298. The Morgan fingerprint density at radius 1 is 1.17 bits per heavy atom. The molecule has 0 saturated carbocycles. The van der Waals surface area contributed by atoms with Crippen LogP contribution in [0, 0.1) is 6.92 Å². The summed E-state index contributed by atoms with van der Waals surface area (Å²) in [6.07, 6.45) is 5.71. The molecular weight excluding hydrogens is 368 g/mol. The lowest BCUT2D eigenvalue weighted by Gasteiger charge is -2.25. The van der Waals surface area contributed by atoms with E-state index in [1.165, 1.54) is 4.90 Å². The van der Waals surface area contributed by atoms with Gasteiger partial charge in [-0.2, -0.15) is 0 Å². The summed E-state index contributed by atoms with van der Waals surface area (Å²) in [5.41, 5.74) is 8.33. The molecule has 4 rings (SSSR count). The van der Waals surface area contributed by atoms with Crippen LogP contribution in [-0.4, -0.2) is 44.6 Å². The molecule has 1 unspecified atom stereocenters. The van der Waals surface area contributed by atoms with Crippen molar-refractivity contribution in [3.63, 3.8) is 0 Å². The van der Waals surface area contributed by atoms with Gasteiger partial charge in [0.2, 0.25) is 0 Å². The summed E-state index contributed by atoms with van der Waals surface area (Å²) in [5.74, 6) is -0.987. The van der Waals surface area contributed by atoms with Crippen molar-refractivity contribution in [2.24, 2.45) is 5.73 Å². The van der Waals surface area contributed by atoms with Crippen molar-refractivity contribution >= 4 is 17.6 Å². The second-order valence-electron chi connectivity index (χ2n) is 7.27. The number of nitrogens with zero attached hydrogens (tertiary/aromatic N) is 4. The highest BCUT2D eigenvalue weighted by Crippen LogP contribution is 2.29. The van der Waals surface area contributed by atoms with Gasteiger partial charge in [0, 0.05) is 31.0 Å². The summed E-state index contributed by atoms with van der Waals surface area (Å²) in [4.78, 5) is 30.8. The first kappa shape index (κ1) is 18.8. The maximum Gasteiger partial charge on any atom is 0.315 e. The molecule has 2 aromatic heterocycles. The average Bonchev–Trinajstić information content (AvgIpc) is 3.33. The molecule has 1 saturated heterocycles. The topological polar surface area (TPSA) is 106 Å². The third-order valence-electron chi connectivity index (χ3n) is 5.17. The predicted molar refractivity (Wildman–Crippen MR) is 108 cm³/mol. The van der Waals surface area contributed by atoms with E-state index in [0.717, 1.165) is 16.8 Å². The van der Waals surface area contributed by atoms with E-state index in [9.17, 15) is 9.59 Å². The molecule has 0 radical (unpaired) electrons. The highest BCUT2D eigenvalue weighted by atomic mass is 16.2. The quantitative estimate of drug-likeness (QED) is 0.661. The van der Waals surface area contributed by atoms with Crippen LogP contribution in [-0.2, 0) is 15.1 Å². The van der Waals surface area contributed by atoms with Gasteiger partial charge in [0.1, 0.15) is 0 Å². The molecule has 1 aliphatic heterocycles. The molecule has 29 heavy (non-hydrogen) atoms. The zero-order valence-electron chi connectivity index (χ0n) is 16.1. The van der Waals surface area contributed by atoms with E-state index in [1.54, 1.807) is 29.3 Å². The van der Waals surface area contributed by atoms with Crippen LogP contribution in [0.4, 0.5) is 5.82 Å². The van der Waals surface area contributed by atoms with Gasteiger partial charge in [0.05, 0.1) is 17.4 Å². The summed E-state index contributed by atoms with van der Waals surface area (Å²) < 4.78 is 1.61. The number of amides is 2. The number of hydrogen-bond donors (Lipinski definition) is 2. The van der Waals surface area contributed by atoms with Crippen LogP contribution in [0.25, 0.3) is 5.69 Å². The summed E-state index contributed by atoms with van der Waals surface area (Å²) >= 11 is 0. The number of nitrogens with two attached hydrogens (primary N) is 1. The van der Waals surface area contributed by atoms with Gasteiger partial charge < -0.3 is 16.0 Å². The molecule has 0 aliphatic carbocycles. The molecule has 8 heteroatoms. The zero-order chi connectivity index (χ0) is 20.4. The van der Waals surface area contributed by atoms with Crippen LogP contribution in [0.1, 0.15) is 17.5 Å². The Kier molecular flexibility index (Phi) is 4.85. The maximum absolute atomic E-state index is 12.7. The number of carbonyl (C=O) groups is 2. The zero-order valence-corrected chi connectivity index (χ0v) is 16.1. The number of pyridine rings is 1. The standard InChI is InChI=1S/C21H22N6O2/c1-15-13-27(17-8-5-10-23-12-17)25-18(15)24-19(28)20(29)26-11-9-21(22,14-26)16-6-3-2-4-7-16/h2-8,10,12-13H,9,11,14,22H2,1H3,(H,24,25,28). The molecule has 1 fully saturated rings. The predicted octanol–water partition coefficient (Wildman–Crippen LogP) is 1.60. The summed E-state index contributed by atoms with van der Waals surface area (Å²) in [7, 11) is 0. The lowest BCUT2D eigenvalue weighted by Crippen LogP contribution is -2.44. The number of carbonyl (C=O) groups excluding carboxylic acids is 2. The second-order valence-corrected chi connectivity index (χ2v) is 7.27. The van der Waals surface area contributed by atoms with Crippen molar-refractivity contribution in [2.45, 2.75) is 18.9 Å². The average molecular weight is 390 g/mol. The van der Waals surface area contributed by atoms with Gasteiger partial charge >= 0.3 is 11.8 Å². The molecule has 1 atom stereocenters. The highest BCUT2D eigenvalue weighted by molar-refractivity contribution is 6.39. The Labute approximate surface area is 168 Å². The van der Waals surface area contributed by atoms with Crippen LogP contribution in [0.3, 0.4) is 0 Å². The van der Waals surface area contributed by atoms with Gasteiger partial charge in [-0.05, 0) is 31.0 Å². The van der Waals surface area contributed by atoms with Crippen molar-refractivity contribution in [2.75, 3.05) is 18.4 Å². The normalized spacial score (nSPS) is 18.6. The molecule has 2 amide bonds. The number of nitrogens with one attached hydrogen (secondary N) is 1. The van der Waals surface area contributed by atoms with Gasteiger partial charge in [-0.3, -0.25) is 14.6 Å². The number of aryl methyl sites for hydroxylation is 1. The fourth-order valence-corrected chi connectivity index (χ4v) is 3.52. The first-order valence-corrected chi connectivity index (χ1v) is 9.38. The molecule has 0 bridgehead atoms. The fourth-order valence-electron chi connectivity index (χ4n) is 3.52. The van der Waals surface area contributed by atoms with E-state index in [1.807, 2.05) is 43.3 Å². The molecule has 1 aliphatic rings. The lowest BCUT2D eigenvalue weighted by atomic mass is 9.90. The van der Waals surface area contributed by atoms with Crippen LogP contribution in [0.15, 0.2) is 61.1 Å². The number of aromatic nitrogens is 3. The van der Waals surface area contributed by atoms with E-state index < -0.39 is 17.4 Å². The van der Waals surface area contributed by atoms with E-state index in [0.29, 0.717) is 25.3 Å². The monoisotopic (exact) mass is 390 g/mol. The Morgan fingerprint density at radius 2 is 1.97 bits per heavy atom. The first-order valence-electron chi connectivity index (χ1n) is 9.38. The van der Waals surface area contributed by atoms with Gasteiger partial charge in [0.25, 0.3) is 0 Å². The number of hydrogen-bond acceptors (Lipinski definition) is 5. The minimum Gasteiger partial charge on any atom is -0.332 e. The smallest absolute Gasteiger partial charge is 0.315 e. The third-order valence-corrected chi connectivity index (χ3v) is 5.17. The molecule has 0 spiro atoms. The summed E-state index contributed by atoms with van der Waals surface area (Å²) in [5, 5.41) is 6.98. The van der Waals surface area contributed by atoms with Gasteiger partial charge in [-0.25, -0.2) is 4.68 Å². The Morgan fingerprint density at radius 3 is 2.69 bits per heavy atom. The number of benzene rings is 1. The van der Waals surface area contributed by atoms with Crippen molar-refractivity contribution in [3.8, 4) is 5.69 Å². The van der Waals surface area contributed by atoms with E-state index in [-0.39, 0.29) is 0 Å². The summed E-state index contributed by atoms with van der Waals surface area (Å²) in [6.45, 7) is 2.54. The Hall–Kier alpha value is -3.52. The number of rotatable bonds is 3. The van der Waals surface area contributed by atoms with E-state index in [4.69, 9.17) is 5.73 Å². The van der Waals surface area contributed by atoms with Gasteiger partial charge in [-0.1, -0.05) is 30.3 Å². The van der Waals surface area contributed by atoms with Crippen molar-refractivity contribution in [1.82, 2.24) is 19.7 Å². The van der Waals surface area contributed by atoms with Crippen LogP contribution >= 0.6 is 0 Å². The van der Waals surface area contributed by atoms with Gasteiger partial charge in [0.15, 0.2) is 5.82 Å². The SMILES string of the molecule is Cc1cn(-c2cccnc2)nc1NC(=O)C(=O)N1CCC(N)(c2ccccc2)C1. The molecule has 1 aromatic carbocycles. The summed E-state index contributed by atoms with van der Waals surface area (Å²) in [6, 6.07) is 13.3. The van der Waals surface area contributed by atoms with Crippen molar-refractivity contribution in [3.05, 3.63) is 72.2 Å². The number of likely N-dealkylation sites (tertiary alicyclic amines) is 1. The molecular formula is C21H22N6O2. The molecule has 8 nitrogen and oxygen atoms in total.